The number of carbonyl (C=O) groups is 1. The summed E-state index contributed by atoms with van der Waals surface area (Å²) in [7, 11) is 1.88. The van der Waals surface area contributed by atoms with Gasteiger partial charge in [-0.05, 0) is 44.1 Å². The molecule has 1 aromatic heterocycles. The van der Waals surface area contributed by atoms with Crippen molar-refractivity contribution < 1.29 is 4.79 Å². The summed E-state index contributed by atoms with van der Waals surface area (Å²) in [5.41, 5.74) is 2.98. The van der Waals surface area contributed by atoms with Gasteiger partial charge in [-0.3, -0.25) is 4.79 Å². The Kier molecular flexibility index (Phi) is 3.07. The van der Waals surface area contributed by atoms with Crippen LogP contribution in [0.15, 0.2) is 5.51 Å². The van der Waals surface area contributed by atoms with E-state index < -0.39 is 0 Å². The molecule has 2 fully saturated rings. The third-order valence-corrected chi connectivity index (χ3v) is 6.28. The van der Waals surface area contributed by atoms with Crippen LogP contribution in [0.4, 0.5) is 0 Å². The van der Waals surface area contributed by atoms with Gasteiger partial charge in [-0.15, -0.1) is 11.3 Å². The molecule has 1 N–H and O–H groups in total. The van der Waals surface area contributed by atoms with Gasteiger partial charge in [0.25, 0.3) is 0 Å². The van der Waals surface area contributed by atoms with Gasteiger partial charge in [0.1, 0.15) is 6.04 Å². The Hall–Kier alpha value is -0.940. The van der Waals surface area contributed by atoms with Gasteiger partial charge in [0.15, 0.2) is 0 Å². The number of carbonyl (C=O) groups excluding carboxylic acids is 1. The number of nitrogens with one attached hydrogen (secondary N) is 1. The van der Waals surface area contributed by atoms with Gasteiger partial charge >= 0.3 is 0 Å². The van der Waals surface area contributed by atoms with Crippen LogP contribution in [-0.2, 0) is 11.2 Å². The quantitative estimate of drug-likeness (QED) is 0.924. The Morgan fingerprint density at radius 2 is 2.40 bits per heavy atom. The van der Waals surface area contributed by atoms with Crippen LogP contribution in [0.1, 0.15) is 35.9 Å². The molecule has 108 valence electrons. The fraction of sp³-hybridized carbons (Fsp3) is 0.733. The Morgan fingerprint density at radius 1 is 1.50 bits per heavy atom. The molecule has 0 spiro atoms. The zero-order valence-electron chi connectivity index (χ0n) is 11.8. The summed E-state index contributed by atoms with van der Waals surface area (Å²) in [5, 5.41) is 3.19. The number of fused-ring (bicyclic) bond motifs is 2. The average molecular weight is 291 g/mol. The second-order valence-corrected chi connectivity index (χ2v) is 7.30. The second-order valence-electron chi connectivity index (χ2n) is 6.42. The molecule has 2 heterocycles. The normalized spacial score (nSPS) is 35.6. The summed E-state index contributed by atoms with van der Waals surface area (Å²) in [6.07, 6.45) is 5.03. The molecule has 1 aromatic rings. The maximum Gasteiger partial charge on any atom is 0.245 e. The average Bonchev–Trinajstić information content (AvgIpc) is 2.95. The number of hydrogen-bond donors (Lipinski definition) is 1. The van der Waals surface area contributed by atoms with Crippen LogP contribution in [-0.4, -0.2) is 35.9 Å². The molecule has 4 rings (SSSR count). The fourth-order valence-electron chi connectivity index (χ4n) is 4.11. The molecule has 4 nitrogen and oxygen atoms in total. The van der Waals surface area contributed by atoms with Crippen LogP contribution in [0, 0.1) is 17.8 Å². The summed E-state index contributed by atoms with van der Waals surface area (Å²) in [5.74, 6) is 2.92. The molecular weight excluding hydrogens is 270 g/mol. The highest BCUT2D eigenvalue weighted by Crippen LogP contribution is 2.55. The molecule has 20 heavy (non-hydrogen) atoms. The molecule has 4 atom stereocenters. The molecule has 5 heteroatoms. The van der Waals surface area contributed by atoms with E-state index in [1.54, 1.807) is 11.3 Å². The number of likely N-dealkylation sites (N-methyl/N-ethyl adjacent to an activating group) is 1. The minimum Gasteiger partial charge on any atom is -0.340 e. The first kappa shape index (κ1) is 12.8. The van der Waals surface area contributed by atoms with Gasteiger partial charge in [0, 0.05) is 19.5 Å². The number of nitrogens with zero attached hydrogens (tertiary/aromatic N) is 2. The van der Waals surface area contributed by atoms with Crippen molar-refractivity contribution in [3.05, 3.63) is 16.1 Å². The van der Waals surface area contributed by atoms with Crippen molar-refractivity contribution in [1.29, 1.82) is 0 Å². The van der Waals surface area contributed by atoms with E-state index in [-0.39, 0.29) is 11.9 Å². The summed E-state index contributed by atoms with van der Waals surface area (Å²) >= 11 is 1.61. The fourth-order valence-corrected chi connectivity index (χ4v) is 5.05. The minimum atomic E-state index is -0.184. The monoisotopic (exact) mass is 291 g/mol. The van der Waals surface area contributed by atoms with Crippen LogP contribution in [0.2, 0.25) is 0 Å². The summed E-state index contributed by atoms with van der Waals surface area (Å²) < 4.78 is 0. The van der Waals surface area contributed by atoms with Gasteiger partial charge in [0.05, 0.1) is 16.1 Å². The summed E-state index contributed by atoms with van der Waals surface area (Å²) in [4.78, 5) is 20.4. The molecule has 0 radical (unpaired) electrons. The highest BCUT2D eigenvalue weighted by Gasteiger charge is 2.48. The van der Waals surface area contributed by atoms with Crippen LogP contribution in [0.5, 0.6) is 0 Å². The number of thiazole rings is 1. The van der Waals surface area contributed by atoms with Crippen molar-refractivity contribution in [3.8, 4) is 0 Å². The number of rotatable bonds is 3. The van der Waals surface area contributed by atoms with Crippen LogP contribution >= 0.6 is 11.3 Å². The predicted molar refractivity (Wildman–Crippen MR) is 78.5 cm³/mol. The van der Waals surface area contributed by atoms with Crippen molar-refractivity contribution in [3.63, 3.8) is 0 Å². The molecule has 2 saturated carbocycles. The molecule has 0 saturated heterocycles. The molecule has 2 aliphatic carbocycles. The van der Waals surface area contributed by atoms with Crippen LogP contribution in [0.25, 0.3) is 0 Å². The number of hydrogen-bond acceptors (Lipinski definition) is 4. The maximum absolute atomic E-state index is 12.8. The molecule has 1 aliphatic heterocycles. The molecule has 0 bridgehead atoms. The summed E-state index contributed by atoms with van der Waals surface area (Å²) in [6, 6.07) is -0.184. The Labute approximate surface area is 123 Å². The SMILES string of the molecule is CNC1C(=O)N(CC2CCC3CC32)CCc2ncsc21. The smallest absolute Gasteiger partial charge is 0.245 e. The number of amides is 1. The summed E-state index contributed by atoms with van der Waals surface area (Å²) in [6.45, 7) is 1.80. The molecule has 1 amide bonds. The molecule has 4 unspecified atom stereocenters. The predicted octanol–water partition coefficient (Wildman–Crippen LogP) is 1.83. The third-order valence-electron chi connectivity index (χ3n) is 5.35. The van der Waals surface area contributed by atoms with E-state index in [2.05, 4.69) is 15.2 Å². The van der Waals surface area contributed by atoms with Gasteiger partial charge in [-0.25, -0.2) is 4.98 Å². The standard InChI is InChI=1S/C15H21N3OS/c1-16-13-14-12(17-8-20-14)4-5-18(15(13)19)7-10-3-2-9-6-11(9)10/h8-11,13,16H,2-7H2,1H3. The first-order valence-corrected chi connectivity index (χ1v) is 8.54. The van der Waals surface area contributed by atoms with E-state index in [4.69, 9.17) is 0 Å². The van der Waals surface area contributed by atoms with Gasteiger partial charge in [-0.2, -0.15) is 0 Å². The first-order valence-electron chi connectivity index (χ1n) is 7.66. The van der Waals surface area contributed by atoms with Crippen LogP contribution < -0.4 is 5.32 Å². The zero-order chi connectivity index (χ0) is 13.7. The van der Waals surface area contributed by atoms with Crippen molar-refractivity contribution in [2.75, 3.05) is 20.1 Å². The second kappa shape index (κ2) is 4.81. The van der Waals surface area contributed by atoms with Crippen LogP contribution in [0.3, 0.4) is 0 Å². The van der Waals surface area contributed by atoms with Gasteiger partial charge < -0.3 is 10.2 Å². The Bertz CT molecular complexity index is 529. The van der Waals surface area contributed by atoms with Crippen molar-refractivity contribution in [2.45, 2.75) is 31.7 Å². The van der Waals surface area contributed by atoms with E-state index in [0.717, 1.165) is 47.8 Å². The lowest BCUT2D eigenvalue weighted by atomic mass is 10.0. The first-order chi connectivity index (χ1) is 9.78. The zero-order valence-corrected chi connectivity index (χ0v) is 12.7. The van der Waals surface area contributed by atoms with Crippen molar-refractivity contribution >= 4 is 17.2 Å². The lowest BCUT2D eigenvalue weighted by molar-refractivity contribution is -0.133. The molecule has 0 aromatic carbocycles. The van der Waals surface area contributed by atoms with Crippen molar-refractivity contribution in [2.24, 2.45) is 17.8 Å². The third kappa shape index (κ3) is 1.99. The lowest BCUT2D eigenvalue weighted by Crippen LogP contribution is -2.41. The van der Waals surface area contributed by atoms with E-state index >= 15 is 0 Å². The largest absolute Gasteiger partial charge is 0.340 e. The van der Waals surface area contributed by atoms with Crippen molar-refractivity contribution in [1.82, 2.24) is 15.2 Å². The highest BCUT2D eigenvalue weighted by atomic mass is 32.1. The Morgan fingerprint density at radius 3 is 3.10 bits per heavy atom. The van der Waals surface area contributed by atoms with E-state index in [0.29, 0.717) is 0 Å². The van der Waals surface area contributed by atoms with Gasteiger partial charge in [0.2, 0.25) is 5.91 Å². The van der Waals surface area contributed by atoms with E-state index in [9.17, 15) is 4.79 Å². The highest BCUT2D eigenvalue weighted by molar-refractivity contribution is 7.10. The lowest BCUT2D eigenvalue weighted by Gasteiger charge is -2.27. The molecule has 3 aliphatic rings. The number of aromatic nitrogens is 1. The topological polar surface area (TPSA) is 45.2 Å². The van der Waals surface area contributed by atoms with E-state index in [1.807, 2.05) is 12.6 Å². The van der Waals surface area contributed by atoms with Gasteiger partial charge in [-0.1, -0.05) is 0 Å². The Balaban J connectivity index is 1.53. The molecular formula is C15H21N3OS. The minimum absolute atomic E-state index is 0.184. The van der Waals surface area contributed by atoms with E-state index in [1.165, 1.54) is 19.3 Å². The maximum atomic E-state index is 12.8.